The molecular weight excluding hydrogens is 224 g/mol. The first-order valence-corrected chi connectivity index (χ1v) is 6.80. The lowest BCUT2D eigenvalue weighted by Crippen LogP contribution is -2.30. The number of hydrogen-bond donors (Lipinski definition) is 2. The standard InChI is InChI=1S/C15H22N2O/c1-12(13-5-3-2-4-6-13)11-17-15(18)9-10-16-14-7-8-14/h2-6,12,14,16H,7-11H2,1H3,(H,17,18). The number of hydrogen-bond acceptors (Lipinski definition) is 2. The average Bonchev–Trinajstić information content (AvgIpc) is 3.21. The van der Waals surface area contributed by atoms with E-state index in [9.17, 15) is 4.79 Å². The van der Waals surface area contributed by atoms with Crippen LogP contribution in [-0.2, 0) is 4.79 Å². The van der Waals surface area contributed by atoms with Gasteiger partial charge in [0.2, 0.25) is 5.91 Å². The van der Waals surface area contributed by atoms with Crippen molar-refractivity contribution in [3.05, 3.63) is 35.9 Å². The van der Waals surface area contributed by atoms with Gasteiger partial charge < -0.3 is 10.6 Å². The molecule has 1 fully saturated rings. The van der Waals surface area contributed by atoms with E-state index in [0.717, 1.165) is 6.54 Å². The van der Waals surface area contributed by atoms with Gasteiger partial charge in [0.05, 0.1) is 0 Å². The molecule has 18 heavy (non-hydrogen) atoms. The van der Waals surface area contributed by atoms with Crippen LogP contribution in [0.25, 0.3) is 0 Å². The largest absolute Gasteiger partial charge is 0.355 e. The van der Waals surface area contributed by atoms with Gasteiger partial charge in [-0.05, 0) is 24.3 Å². The zero-order valence-electron chi connectivity index (χ0n) is 11.0. The van der Waals surface area contributed by atoms with E-state index in [-0.39, 0.29) is 5.91 Å². The molecule has 3 nitrogen and oxygen atoms in total. The van der Waals surface area contributed by atoms with Gasteiger partial charge in [-0.2, -0.15) is 0 Å². The summed E-state index contributed by atoms with van der Waals surface area (Å²) in [6.07, 6.45) is 3.12. The van der Waals surface area contributed by atoms with Gasteiger partial charge in [-0.1, -0.05) is 37.3 Å². The van der Waals surface area contributed by atoms with E-state index in [0.29, 0.717) is 24.9 Å². The molecule has 0 radical (unpaired) electrons. The number of amides is 1. The van der Waals surface area contributed by atoms with E-state index in [2.05, 4.69) is 29.7 Å². The third-order valence-corrected chi connectivity index (χ3v) is 3.34. The Hall–Kier alpha value is -1.35. The van der Waals surface area contributed by atoms with Gasteiger partial charge in [-0.3, -0.25) is 4.79 Å². The fourth-order valence-corrected chi connectivity index (χ4v) is 1.93. The van der Waals surface area contributed by atoms with Gasteiger partial charge in [-0.15, -0.1) is 0 Å². The molecule has 0 saturated heterocycles. The summed E-state index contributed by atoms with van der Waals surface area (Å²) in [6, 6.07) is 11.0. The highest BCUT2D eigenvalue weighted by atomic mass is 16.1. The minimum absolute atomic E-state index is 0.144. The van der Waals surface area contributed by atoms with E-state index in [1.165, 1.54) is 18.4 Å². The van der Waals surface area contributed by atoms with Crippen molar-refractivity contribution in [2.75, 3.05) is 13.1 Å². The number of carbonyl (C=O) groups excluding carboxylic acids is 1. The third kappa shape index (κ3) is 4.49. The zero-order chi connectivity index (χ0) is 12.8. The maximum atomic E-state index is 11.6. The van der Waals surface area contributed by atoms with Crippen molar-refractivity contribution in [2.24, 2.45) is 0 Å². The molecule has 3 heteroatoms. The number of carbonyl (C=O) groups is 1. The Kier molecular flexibility index (Phi) is 4.76. The predicted octanol–water partition coefficient (Wildman–Crippen LogP) is 2.05. The maximum Gasteiger partial charge on any atom is 0.221 e. The van der Waals surface area contributed by atoms with Crippen molar-refractivity contribution < 1.29 is 4.79 Å². The van der Waals surface area contributed by atoms with Crippen molar-refractivity contribution in [1.29, 1.82) is 0 Å². The van der Waals surface area contributed by atoms with Crippen molar-refractivity contribution in [1.82, 2.24) is 10.6 Å². The summed E-state index contributed by atoms with van der Waals surface area (Å²) in [7, 11) is 0. The Morgan fingerprint density at radius 1 is 1.33 bits per heavy atom. The minimum Gasteiger partial charge on any atom is -0.355 e. The summed E-state index contributed by atoms with van der Waals surface area (Å²) >= 11 is 0. The summed E-state index contributed by atoms with van der Waals surface area (Å²) in [5.74, 6) is 0.512. The fraction of sp³-hybridized carbons (Fsp3) is 0.533. The molecule has 2 N–H and O–H groups in total. The van der Waals surface area contributed by atoms with Crippen LogP contribution in [0.1, 0.15) is 37.7 Å². The van der Waals surface area contributed by atoms with E-state index < -0.39 is 0 Å². The van der Waals surface area contributed by atoms with Crippen LogP contribution in [0.3, 0.4) is 0 Å². The van der Waals surface area contributed by atoms with Gasteiger partial charge in [0.1, 0.15) is 0 Å². The third-order valence-electron chi connectivity index (χ3n) is 3.34. The van der Waals surface area contributed by atoms with Crippen LogP contribution >= 0.6 is 0 Å². The van der Waals surface area contributed by atoms with Gasteiger partial charge in [0.25, 0.3) is 0 Å². The van der Waals surface area contributed by atoms with Gasteiger partial charge in [0.15, 0.2) is 0 Å². The highest BCUT2D eigenvalue weighted by Gasteiger charge is 2.20. The Balaban J connectivity index is 1.62. The molecule has 0 aliphatic heterocycles. The summed E-state index contributed by atoms with van der Waals surface area (Å²) in [4.78, 5) is 11.6. The lowest BCUT2D eigenvalue weighted by atomic mass is 10.0. The number of nitrogens with one attached hydrogen (secondary N) is 2. The van der Waals surface area contributed by atoms with Crippen molar-refractivity contribution in [2.45, 2.75) is 38.1 Å². The van der Waals surface area contributed by atoms with Crippen LogP contribution in [0.15, 0.2) is 30.3 Å². The number of benzene rings is 1. The number of rotatable bonds is 7. The van der Waals surface area contributed by atoms with E-state index in [4.69, 9.17) is 0 Å². The lowest BCUT2D eigenvalue weighted by molar-refractivity contribution is -0.121. The smallest absolute Gasteiger partial charge is 0.221 e. The molecule has 1 atom stereocenters. The van der Waals surface area contributed by atoms with Crippen LogP contribution in [0, 0.1) is 0 Å². The molecule has 2 rings (SSSR count). The topological polar surface area (TPSA) is 41.1 Å². The Labute approximate surface area is 109 Å². The normalized spacial score (nSPS) is 16.3. The van der Waals surface area contributed by atoms with Crippen LogP contribution in [0.5, 0.6) is 0 Å². The zero-order valence-corrected chi connectivity index (χ0v) is 11.0. The monoisotopic (exact) mass is 246 g/mol. The maximum absolute atomic E-state index is 11.6. The minimum atomic E-state index is 0.144. The van der Waals surface area contributed by atoms with Crippen molar-refractivity contribution >= 4 is 5.91 Å². The summed E-state index contributed by atoms with van der Waals surface area (Å²) < 4.78 is 0. The van der Waals surface area contributed by atoms with Crippen LogP contribution < -0.4 is 10.6 Å². The molecule has 1 aliphatic carbocycles. The van der Waals surface area contributed by atoms with Crippen molar-refractivity contribution in [3.8, 4) is 0 Å². The Bertz CT molecular complexity index is 373. The molecule has 1 aromatic carbocycles. The molecule has 1 aromatic rings. The second kappa shape index (κ2) is 6.55. The SMILES string of the molecule is CC(CNC(=O)CCNC1CC1)c1ccccc1. The molecule has 1 aliphatic rings. The van der Waals surface area contributed by atoms with E-state index in [1.807, 2.05) is 18.2 Å². The summed E-state index contributed by atoms with van der Waals surface area (Å²) in [6.45, 7) is 3.65. The molecule has 0 aromatic heterocycles. The molecule has 0 spiro atoms. The molecule has 1 unspecified atom stereocenters. The molecule has 1 amide bonds. The Morgan fingerprint density at radius 3 is 2.72 bits per heavy atom. The summed E-state index contributed by atoms with van der Waals surface area (Å²) in [5.41, 5.74) is 1.27. The van der Waals surface area contributed by atoms with Crippen LogP contribution in [0.2, 0.25) is 0 Å². The highest BCUT2D eigenvalue weighted by molar-refractivity contribution is 5.76. The fourth-order valence-electron chi connectivity index (χ4n) is 1.93. The average molecular weight is 246 g/mol. The van der Waals surface area contributed by atoms with Gasteiger partial charge in [0, 0.05) is 25.6 Å². The van der Waals surface area contributed by atoms with Crippen LogP contribution in [0.4, 0.5) is 0 Å². The lowest BCUT2D eigenvalue weighted by Gasteiger charge is -2.13. The molecule has 0 bridgehead atoms. The first-order chi connectivity index (χ1) is 8.75. The van der Waals surface area contributed by atoms with E-state index in [1.54, 1.807) is 0 Å². The van der Waals surface area contributed by atoms with Crippen molar-refractivity contribution in [3.63, 3.8) is 0 Å². The quantitative estimate of drug-likeness (QED) is 0.773. The highest BCUT2D eigenvalue weighted by Crippen LogP contribution is 2.18. The molecule has 1 saturated carbocycles. The Morgan fingerprint density at radius 2 is 2.06 bits per heavy atom. The summed E-state index contributed by atoms with van der Waals surface area (Å²) in [5, 5.41) is 6.34. The molecule has 0 heterocycles. The molecular formula is C15H22N2O. The first kappa shape index (κ1) is 13.1. The molecule has 98 valence electrons. The second-order valence-corrected chi connectivity index (χ2v) is 5.09. The van der Waals surface area contributed by atoms with Gasteiger partial charge >= 0.3 is 0 Å². The predicted molar refractivity (Wildman–Crippen MR) is 73.5 cm³/mol. The second-order valence-electron chi connectivity index (χ2n) is 5.09. The first-order valence-electron chi connectivity index (χ1n) is 6.80. The van der Waals surface area contributed by atoms with Gasteiger partial charge in [-0.25, -0.2) is 0 Å². The van der Waals surface area contributed by atoms with E-state index >= 15 is 0 Å². The van der Waals surface area contributed by atoms with Crippen LogP contribution in [-0.4, -0.2) is 25.0 Å².